The van der Waals surface area contributed by atoms with E-state index in [1.807, 2.05) is 54.4 Å². The third-order valence-corrected chi connectivity index (χ3v) is 3.88. The lowest BCUT2D eigenvalue weighted by Gasteiger charge is -2.21. The van der Waals surface area contributed by atoms with Crippen LogP contribution in [0.5, 0.6) is 0 Å². The third-order valence-electron chi connectivity index (χ3n) is 3.88. The molecular formula is C19H19N5O. The molecule has 1 aromatic heterocycles. The monoisotopic (exact) mass is 333 g/mol. The van der Waals surface area contributed by atoms with Gasteiger partial charge in [0.25, 0.3) is 0 Å². The van der Waals surface area contributed by atoms with E-state index in [4.69, 9.17) is 5.73 Å². The zero-order valence-corrected chi connectivity index (χ0v) is 14.1. The van der Waals surface area contributed by atoms with Crippen LogP contribution in [0.25, 0.3) is 0 Å². The Morgan fingerprint density at radius 3 is 2.36 bits per heavy atom. The van der Waals surface area contributed by atoms with Crippen LogP contribution in [0.2, 0.25) is 0 Å². The molecule has 0 aliphatic rings. The van der Waals surface area contributed by atoms with Gasteiger partial charge >= 0.3 is 0 Å². The summed E-state index contributed by atoms with van der Waals surface area (Å²) in [5.41, 5.74) is 9.14. The second kappa shape index (κ2) is 7.00. The first kappa shape index (κ1) is 16.4. The Bertz CT molecular complexity index is 878. The molecule has 0 saturated heterocycles. The number of carbonyl (C=O) groups is 1. The Labute approximate surface area is 146 Å². The van der Waals surface area contributed by atoms with Gasteiger partial charge in [-0.25, -0.2) is 9.97 Å². The molecule has 0 saturated carbocycles. The first-order valence-corrected chi connectivity index (χ1v) is 7.83. The molecule has 0 aliphatic heterocycles. The number of Topliss-reactive ketones (excluding diaryl/α,β-unsaturated/α-hetero) is 1. The van der Waals surface area contributed by atoms with Crippen LogP contribution in [0.15, 0.2) is 60.9 Å². The topological polar surface area (TPSA) is 84.1 Å². The average Bonchev–Trinajstić information content (AvgIpc) is 2.64. The number of nitrogen functional groups attached to an aromatic ring is 1. The van der Waals surface area contributed by atoms with Crippen LogP contribution in [-0.2, 0) is 0 Å². The number of ketones is 1. The van der Waals surface area contributed by atoms with Crippen LogP contribution >= 0.6 is 0 Å². The number of carbonyl (C=O) groups excluding carboxylic acids is 1. The molecule has 25 heavy (non-hydrogen) atoms. The van der Waals surface area contributed by atoms with Crippen LogP contribution in [0, 0.1) is 0 Å². The number of benzene rings is 2. The maximum Gasteiger partial charge on any atom is 0.161 e. The van der Waals surface area contributed by atoms with Crippen LogP contribution in [-0.4, -0.2) is 22.8 Å². The maximum atomic E-state index is 11.4. The number of anilines is 5. The largest absolute Gasteiger partial charge is 0.393 e. The van der Waals surface area contributed by atoms with Crippen LogP contribution < -0.4 is 16.0 Å². The van der Waals surface area contributed by atoms with Crippen molar-refractivity contribution >= 4 is 34.5 Å². The quantitative estimate of drug-likeness (QED) is 0.691. The van der Waals surface area contributed by atoms with E-state index in [0.29, 0.717) is 22.9 Å². The second-order valence-electron chi connectivity index (χ2n) is 5.61. The number of nitrogens with zero attached hydrogens (tertiary/aromatic N) is 3. The molecule has 3 rings (SSSR count). The SMILES string of the molecule is CC(=O)c1ccc(Nc2ncnc(N(C)c3ccccc3)c2N)cc1. The van der Waals surface area contributed by atoms with Gasteiger partial charge < -0.3 is 16.0 Å². The van der Waals surface area contributed by atoms with Crippen molar-refractivity contribution in [2.45, 2.75) is 6.92 Å². The van der Waals surface area contributed by atoms with E-state index >= 15 is 0 Å². The van der Waals surface area contributed by atoms with E-state index in [0.717, 1.165) is 11.4 Å². The normalized spacial score (nSPS) is 10.3. The van der Waals surface area contributed by atoms with Gasteiger partial charge in [0.15, 0.2) is 17.4 Å². The van der Waals surface area contributed by atoms with Crippen molar-refractivity contribution in [1.29, 1.82) is 0 Å². The Morgan fingerprint density at radius 2 is 1.72 bits per heavy atom. The van der Waals surface area contributed by atoms with E-state index in [9.17, 15) is 4.79 Å². The number of nitrogens with two attached hydrogens (primary N) is 1. The zero-order chi connectivity index (χ0) is 17.8. The first-order valence-electron chi connectivity index (χ1n) is 7.83. The molecule has 2 aromatic carbocycles. The summed E-state index contributed by atoms with van der Waals surface area (Å²) in [6.07, 6.45) is 1.47. The van der Waals surface area contributed by atoms with E-state index in [-0.39, 0.29) is 5.78 Å². The van der Waals surface area contributed by atoms with E-state index < -0.39 is 0 Å². The molecule has 0 spiro atoms. The van der Waals surface area contributed by atoms with Crippen molar-refractivity contribution in [2.24, 2.45) is 0 Å². The summed E-state index contributed by atoms with van der Waals surface area (Å²) < 4.78 is 0. The Hall–Kier alpha value is -3.41. The molecule has 0 unspecified atom stereocenters. The van der Waals surface area contributed by atoms with Gasteiger partial charge in [-0.05, 0) is 43.3 Å². The van der Waals surface area contributed by atoms with E-state index in [1.165, 1.54) is 13.3 Å². The number of aromatic nitrogens is 2. The highest BCUT2D eigenvalue weighted by atomic mass is 16.1. The predicted molar refractivity (Wildman–Crippen MR) is 101 cm³/mol. The minimum Gasteiger partial charge on any atom is -0.393 e. The molecule has 0 bridgehead atoms. The van der Waals surface area contributed by atoms with Gasteiger partial charge in [-0.1, -0.05) is 18.2 Å². The molecule has 0 atom stereocenters. The van der Waals surface area contributed by atoms with Crippen molar-refractivity contribution in [1.82, 2.24) is 9.97 Å². The highest BCUT2D eigenvalue weighted by molar-refractivity contribution is 5.94. The predicted octanol–water partition coefficient (Wildman–Crippen LogP) is 3.77. The van der Waals surface area contributed by atoms with E-state index in [1.54, 1.807) is 12.1 Å². The molecule has 6 heteroatoms. The lowest BCUT2D eigenvalue weighted by Crippen LogP contribution is -2.15. The standard InChI is InChI=1S/C19H19N5O/c1-13(25)14-8-10-15(11-9-14)23-18-17(20)19(22-12-21-18)24(2)16-6-4-3-5-7-16/h3-12H,20H2,1-2H3,(H,21,22,23). The fourth-order valence-corrected chi connectivity index (χ4v) is 2.45. The van der Waals surface area contributed by atoms with Crippen molar-refractivity contribution in [2.75, 3.05) is 23.0 Å². The number of hydrogen-bond acceptors (Lipinski definition) is 6. The number of rotatable bonds is 5. The smallest absolute Gasteiger partial charge is 0.161 e. The van der Waals surface area contributed by atoms with Gasteiger partial charge in [0.05, 0.1) is 0 Å². The molecular weight excluding hydrogens is 314 g/mol. The average molecular weight is 333 g/mol. The van der Waals surface area contributed by atoms with Crippen LogP contribution in [0.4, 0.5) is 28.7 Å². The molecule has 6 nitrogen and oxygen atoms in total. The lowest BCUT2D eigenvalue weighted by molar-refractivity contribution is 0.101. The Morgan fingerprint density at radius 1 is 1.04 bits per heavy atom. The minimum absolute atomic E-state index is 0.0277. The fourth-order valence-electron chi connectivity index (χ4n) is 2.45. The van der Waals surface area contributed by atoms with Crippen molar-refractivity contribution in [3.05, 3.63) is 66.5 Å². The number of hydrogen-bond donors (Lipinski definition) is 2. The third kappa shape index (κ3) is 3.58. The molecule has 0 amide bonds. The first-order chi connectivity index (χ1) is 12.1. The zero-order valence-electron chi connectivity index (χ0n) is 14.1. The number of para-hydroxylation sites is 1. The molecule has 0 fully saturated rings. The summed E-state index contributed by atoms with van der Waals surface area (Å²) in [4.78, 5) is 21.8. The summed E-state index contributed by atoms with van der Waals surface area (Å²) in [5.74, 6) is 1.16. The van der Waals surface area contributed by atoms with Gasteiger partial charge in [0.2, 0.25) is 0 Å². The number of nitrogens with one attached hydrogen (secondary N) is 1. The van der Waals surface area contributed by atoms with Crippen LogP contribution in [0.3, 0.4) is 0 Å². The highest BCUT2D eigenvalue weighted by Crippen LogP contribution is 2.31. The van der Waals surface area contributed by atoms with Crippen LogP contribution in [0.1, 0.15) is 17.3 Å². The molecule has 126 valence electrons. The van der Waals surface area contributed by atoms with Crippen molar-refractivity contribution in [3.63, 3.8) is 0 Å². The molecule has 0 aliphatic carbocycles. The molecule has 0 radical (unpaired) electrons. The van der Waals surface area contributed by atoms with E-state index in [2.05, 4.69) is 15.3 Å². The van der Waals surface area contributed by atoms with Crippen molar-refractivity contribution in [3.8, 4) is 0 Å². The summed E-state index contributed by atoms with van der Waals surface area (Å²) in [5, 5.41) is 3.17. The molecule has 3 N–H and O–H groups in total. The maximum absolute atomic E-state index is 11.4. The van der Waals surface area contributed by atoms with Gasteiger partial charge in [0.1, 0.15) is 12.0 Å². The highest BCUT2D eigenvalue weighted by Gasteiger charge is 2.13. The summed E-state index contributed by atoms with van der Waals surface area (Å²) in [7, 11) is 1.90. The minimum atomic E-state index is 0.0277. The van der Waals surface area contributed by atoms with Gasteiger partial charge in [-0.3, -0.25) is 4.79 Å². The fraction of sp³-hybridized carbons (Fsp3) is 0.105. The van der Waals surface area contributed by atoms with Gasteiger partial charge in [-0.2, -0.15) is 0 Å². The van der Waals surface area contributed by atoms with Gasteiger partial charge in [0, 0.05) is 24.0 Å². The summed E-state index contributed by atoms with van der Waals surface area (Å²) >= 11 is 0. The second-order valence-corrected chi connectivity index (χ2v) is 5.61. The Balaban J connectivity index is 1.87. The van der Waals surface area contributed by atoms with Gasteiger partial charge in [-0.15, -0.1) is 0 Å². The van der Waals surface area contributed by atoms with Crippen molar-refractivity contribution < 1.29 is 4.79 Å². The summed E-state index contributed by atoms with van der Waals surface area (Å²) in [6.45, 7) is 1.54. The molecule has 1 heterocycles. The Kier molecular flexibility index (Phi) is 4.61. The lowest BCUT2D eigenvalue weighted by atomic mass is 10.1. The summed E-state index contributed by atoms with van der Waals surface area (Å²) in [6, 6.07) is 17.0. The molecule has 3 aromatic rings.